The third-order valence-corrected chi connectivity index (χ3v) is 6.87. The van der Waals surface area contributed by atoms with Gasteiger partial charge in [0.1, 0.15) is 4.32 Å². The second-order valence-electron chi connectivity index (χ2n) is 7.62. The van der Waals surface area contributed by atoms with Crippen LogP contribution >= 0.6 is 24.0 Å². The predicted molar refractivity (Wildman–Crippen MR) is 129 cm³/mol. The minimum atomic E-state index is -0.971. The number of hydrogen-bond acceptors (Lipinski definition) is 7. The summed E-state index contributed by atoms with van der Waals surface area (Å²) in [4.78, 5) is 41.9. The number of aliphatic hydroxyl groups excluding tert-OH is 1. The van der Waals surface area contributed by atoms with E-state index in [1.165, 1.54) is 28.3 Å². The third-order valence-electron chi connectivity index (χ3n) is 5.41. The quantitative estimate of drug-likeness (QED) is 0.489. The van der Waals surface area contributed by atoms with Crippen LogP contribution in [0.4, 0.5) is 0 Å². The van der Waals surface area contributed by atoms with E-state index in [-0.39, 0.29) is 13.0 Å². The van der Waals surface area contributed by atoms with E-state index in [9.17, 15) is 19.5 Å². The van der Waals surface area contributed by atoms with Crippen molar-refractivity contribution in [1.82, 2.24) is 23.6 Å². The lowest BCUT2D eigenvalue weighted by Gasteiger charge is -2.20. The minimum Gasteiger partial charge on any atom is -0.481 e. The molecule has 1 atom stereocenters. The van der Waals surface area contributed by atoms with Gasteiger partial charge >= 0.3 is 11.7 Å². The Bertz CT molecular complexity index is 1400. The highest BCUT2D eigenvalue weighted by molar-refractivity contribution is 8.25. The van der Waals surface area contributed by atoms with Gasteiger partial charge < -0.3 is 19.7 Å². The SMILES string of the molecule is Cn1c(=O)c2c(ncn2Cc2ccc(/C=C3\SC(=S)N(CCC(=O)O)C3O)cc2)n(C)c1=O. The molecule has 2 N–H and O–H groups in total. The number of benzene rings is 1. The number of rotatable bonds is 6. The zero-order chi connectivity index (χ0) is 23.9. The zero-order valence-electron chi connectivity index (χ0n) is 17.8. The van der Waals surface area contributed by atoms with Crippen LogP contribution in [-0.4, -0.2) is 56.9 Å². The van der Waals surface area contributed by atoms with Gasteiger partial charge in [-0.25, -0.2) is 9.78 Å². The molecule has 33 heavy (non-hydrogen) atoms. The zero-order valence-corrected chi connectivity index (χ0v) is 19.5. The summed E-state index contributed by atoms with van der Waals surface area (Å²) >= 11 is 6.50. The molecule has 172 valence electrons. The van der Waals surface area contributed by atoms with Crippen LogP contribution in [-0.2, 0) is 25.4 Å². The Morgan fingerprint density at radius 1 is 1.21 bits per heavy atom. The first-order valence-electron chi connectivity index (χ1n) is 9.97. The van der Waals surface area contributed by atoms with Gasteiger partial charge in [-0.2, -0.15) is 0 Å². The monoisotopic (exact) mass is 487 g/mol. The summed E-state index contributed by atoms with van der Waals surface area (Å²) in [5.41, 5.74) is 1.62. The van der Waals surface area contributed by atoms with E-state index >= 15 is 0 Å². The molecule has 0 spiro atoms. The number of carbonyl (C=O) groups is 1. The summed E-state index contributed by atoms with van der Waals surface area (Å²) in [7, 11) is 3.02. The summed E-state index contributed by atoms with van der Waals surface area (Å²) in [5.74, 6) is -0.950. The standard InChI is InChI=1S/C21H21N5O5S2/c1-23-17-16(19(30)24(2)20(23)31)25(11-22-17)10-13-5-3-12(4-6-13)9-14-18(29)26(21(32)33-14)8-7-15(27)28/h3-6,9,11,18,29H,7-8,10H2,1-2H3,(H,27,28)/b14-9-. The predicted octanol–water partition coefficient (Wildman–Crippen LogP) is 0.950. The van der Waals surface area contributed by atoms with Gasteiger partial charge in [-0.15, -0.1) is 0 Å². The van der Waals surface area contributed by atoms with Crippen LogP contribution in [0.1, 0.15) is 17.5 Å². The molecule has 12 heteroatoms. The second-order valence-corrected chi connectivity index (χ2v) is 9.32. The van der Waals surface area contributed by atoms with E-state index in [0.29, 0.717) is 26.9 Å². The van der Waals surface area contributed by atoms with Crippen LogP contribution in [0.15, 0.2) is 45.1 Å². The average molecular weight is 488 g/mol. The highest BCUT2D eigenvalue weighted by atomic mass is 32.2. The molecular weight excluding hydrogens is 466 g/mol. The summed E-state index contributed by atoms with van der Waals surface area (Å²) < 4.78 is 4.55. The van der Waals surface area contributed by atoms with Crippen molar-refractivity contribution in [3.8, 4) is 0 Å². The largest absolute Gasteiger partial charge is 0.481 e. The van der Waals surface area contributed by atoms with Gasteiger partial charge in [-0.05, 0) is 17.2 Å². The number of hydrogen-bond donors (Lipinski definition) is 2. The van der Waals surface area contributed by atoms with Crippen LogP contribution in [0.2, 0.25) is 0 Å². The van der Waals surface area contributed by atoms with Crippen molar-refractivity contribution in [2.45, 2.75) is 19.2 Å². The normalized spacial score (nSPS) is 17.4. The molecule has 0 amide bonds. The molecule has 1 aromatic carbocycles. The van der Waals surface area contributed by atoms with Crippen molar-refractivity contribution in [2.24, 2.45) is 14.1 Å². The van der Waals surface area contributed by atoms with Gasteiger partial charge in [-0.1, -0.05) is 48.2 Å². The number of carboxylic acids is 1. The first-order valence-corrected chi connectivity index (χ1v) is 11.2. The molecule has 0 saturated carbocycles. The van der Waals surface area contributed by atoms with Gasteiger partial charge in [0.2, 0.25) is 0 Å². The van der Waals surface area contributed by atoms with Crippen molar-refractivity contribution < 1.29 is 15.0 Å². The maximum Gasteiger partial charge on any atom is 0.332 e. The molecule has 0 aliphatic carbocycles. The Morgan fingerprint density at radius 2 is 1.91 bits per heavy atom. The molecule has 4 rings (SSSR count). The highest BCUT2D eigenvalue weighted by Gasteiger charge is 2.32. The van der Waals surface area contributed by atoms with Gasteiger partial charge in [0.15, 0.2) is 17.4 Å². The van der Waals surface area contributed by atoms with E-state index < -0.39 is 23.4 Å². The number of fused-ring (bicyclic) bond motifs is 1. The molecule has 10 nitrogen and oxygen atoms in total. The summed E-state index contributed by atoms with van der Waals surface area (Å²) in [6, 6.07) is 7.56. The molecule has 0 bridgehead atoms. The minimum absolute atomic E-state index is 0.111. The molecule has 2 aromatic heterocycles. The Hall–Kier alpha value is -3.22. The van der Waals surface area contributed by atoms with Crippen LogP contribution < -0.4 is 11.2 Å². The fourth-order valence-electron chi connectivity index (χ4n) is 3.60. The number of aryl methyl sites for hydroxylation is 1. The molecule has 3 heterocycles. The topological polar surface area (TPSA) is 123 Å². The van der Waals surface area contributed by atoms with E-state index in [4.69, 9.17) is 17.3 Å². The molecule has 3 aromatic rings. The molecule has 1 unspecified atom stereocenters. The maximum absolute atomic E-state index is 12.6. The van der Waals surface area contributed by atoms with Crippen molar-refractivity contribution >= 4 is 51.5 Å². The Kier molecular flexibility index (Phi) is 6.23. The maximum atomic E-state index is 12.6. The van der Waals surface area contributed by atoms with Gasteiger partial charge in [0, 0.05) is 32.1 Å². The lowest BCUT2D eigenvalue weighted by atomic mass is 10.1. The van der Waals surface area contributed by atoms with Crippen molar-refractivity contribution in [1.29, 1.82) is 0 Å². The van der Waals surface area contributed by atoms with Crippen LogP contribution in [0, 0.1) is 0 Å². The first kappa shape index (κ1) is 23.0. The lowest BCUT2D eigenvalue weighted by Crippen LogP contribution is -2.37. The molecule has 1 fully saturated rings. The van der Waals surface area contributed by atoms with Gasteiger partial charge in [0.05, 0.1) is 12.7 Å². The smallest absolute Gasteiger partial charge is 0.332 e. The molecule has 0 radical (unpaired) electrons. The van der Waals surface area contributed by atoms with Crippen molar-refractivity contribution in [3.63, 3.8) is 0 Å². The second kappa shape index (κ2) is 8.96. The molecule has 1 aliphatic rings. The van der Waals surface area contributed by atoms with E-state index in [0.717, 1.165) is 15.7 Å². The number of imidazole rings is 1. The first-order chi connectivity index (χ1) is 15.7. The summed E-state index contributed by atoms with van der Waals surface area (Å²) in [5, 5.41) is 19.4. The number of aliphatic hydroxyl groups is 1. The summed E-state index contributed by atoms with van der Waals surface area (Å²) in [6.07, 6.45) is 2.27. The third kappa shape index (κ3) is 4.36. The van der Waals surface area contributed by atoms with E-state index in [1.54, 1.807) is 17.9 Å². The number of thioether (sulfide) groups is 1. The van der Waals surface area contributed by atoms with Gasteiger partial charge in [0.25, 0.3) is 5.56 Å². The van der Waals surface area contributed by atoms with E-state index in [1.807, 2.05) is 30.3 Å². The summed E-state index contributed by atoms with van der Waals surface area (Å²) in [6.45, 7) is 0.535. The fourth-order valence-corrected chi connectivity index (χ4v) is 5.01. The van der Waals surface area contributed by atoms with Crippen LogP contribution in [0.5, 0.6) is 0 Å². The van der Waals surface area contributed by atoms with E-state index in [2.05, 4.69) is 4.98 Å². The van der Waals surface area contributed by atoms with Crippen LogP contribution in [0.25, 0.3) is 17.2 Å². The number of thiocarbonyl (C=S) groups is 1. The Morgan fingerprint density at radius 3 is 2.58 bits per heavy atom. The van der Waals surface area contributed by atoms with Crippen molar-refractivity contribution in [2.75, 3.05) is 6.54 Å². The Balaban J connectivity index is 1.54. The molecule has 1 saturated heterocycles. The number of carboxylic acid groups (broad SMARTS) is 1. The van der Waals surface area contributed by atoms with Gasteiger partial charge in [-0.3, -0.25) is 18.7 Å². The fraction of sp³-hybridized carbons (Fsp3) is 0.286. The number of nitrogens with zero attached hydrogens (tertiary/aromatic N) is 5. The average Bonchev–Trinajstić information content (AvgIpc) is 3.31. The highest BCUT2D eigenvalue weighted by Crippen LogP contribution is 2.35. The number of aliphatic carboxylic acids is 1. The number of aromatic nitrogens is 4. The van der Waals surface area contributed by atoms with Crippen LogP contribution in [0.3, 0.4) is 0 Å². The van der Waals surface area contributed by atoms with Crippen molar-refractivity contribution in [3.05, 3.63) is 67.5 Å². The molecular formula is C21H21N5O5S2. The molecule has 1 aliphatic heterocycles. The Labute approximate surface area is 197 Å². The lowest BCUT2D eigenvalue weighted by molar-refractivity contribution is -0.137.